The molecule has 108 valence electrons. The molecule has 0 saturated heterocycles. The molecule has 0 fully saturated rings. The summed E-state index contributed by atoms with van der Waals surface area (Å²) in [7, 11) is 1.70. The van der Waals surface area contributed by atoms with Gasteiger partial charge in [0.2, 0.25) is 0 Å². The highest BCUT2D eigenvalue weighted by Gasteiger charge is 2.13. The van der Waals surface area contributed by atoms with Crippen LogP contribution in [0, 0.1) is 0 Å². The van der Waals surface area contributed by atoms with Crippen LogP contribution in [0.5, 0.6) is 0 Å². The van der Waals surface area contributed by atoms with Crippen molar-refractivity contribution in [3.8, 4) is 0 Å². The van der Waals surface area contributed by atoms with Gasteiger partial charge in [-0.15, -0.1) is 0 Å². The van der Waals surface area contributed by atoms with E-state index in [1.54, 1.807) is 60.7 Å². The molecule has 1 amide bonds. The number of hydrogen-bond acceptors (Lipinski definition) is 3. The van der Waals surface area contributed by atoms with Gasteiger partial charge < -0.3 is 10.0 Å². The first-order valence-corrected chi connectivity index (χ1v) is 6.56. The van der Waals surface area contributed by atoms with Crippen LogP contribution >= 0.6 is 0 Å². The zero-order chi connectivity index (χ0) is 15.2. The molecule has 1 heterocycles. The number of carboxylic acid groups (broad SMARTS) is 1. The molecule has 2 aromatic rings. The van der Waals surface area contributed by atoms with Gasteiger partial charge in [0.05, 0.1) is 5.56 Å². The van der Waals surface area contributed by atoms with E-state index in [4.69, 9.17) is 5.11 Å². The van der Waals surface area contributed by atoms with Gasteiger partial charge in [-0.25, -0.2) is 4.79 Å². The number of benzene rings is 1. The lowest BCUT2D eigenvalue weighted by Gasteiger charge is -2.17. The number of aromatic carboxylic acids is 1. The Hall–Kier alpha value is -2.69. The van der Waals surface area contributed by atoms with Crippen LogP contribution in [-0.2, 0) is 6.42 Å². The third-order valence-corrected chi connectivity index (χ3v) is 3.24. The summed E-state index contributed by atoms with van der Waals surface area (Å²) in [6.45, 7) is 0.450. The molecule has 2 rings (SSSR count). The molecule has 1 N–H and O–H groups in total. The second kappa shape index (κ2) is 6.65. The number of carbonyl (C=O) groups is 2. The minimum Gasteiger partial charge on any atom is -0.478 e. The summed E-state index contributed by atoms with van der Waals surface area (Å²) in [6.07, 6.45) is 3.64. The molecule has 0 unspecified atom stereocenters. The Bertz CT molecular complexity index is 641. The second-order valence-electron chi connectivity index (χ2n) is 4.67. The number of aromatic nitrogens is 1. The van der Waals surface area contributed by atoms with Gasteiger partial charge in [-0.2, -0.15) is 0 Å². The van der Waals surface area contributed by atoms with Gasteiger partial charge in [0.15, 0.2) is 0 Å². The summed E-state index contributed by atoms with van der Waals surface area (Å²) in [5.74, 6) is -1.06. The van der Waals surface area contributed by atoms with Crippen molar-refractivity contribution in [2.24, 2.45) is 0 Å². The number of carbonyl (C=O) groups excluding carboxylic acids is 1. The van der Waals surface area contributed by atoms with Crippen LogP contribution in [0.15, 0.2) is 48.8 Å². The van der Waals surface area contributed by atoms with Crippen LogP contribution in [0.1, 0.15) is 26.3 Å². The maximum atomic E-state index is 12.2. The standard InChI is InChI=1S/C16H16N2O3/c1-18(15(19)13-6-9-17-10-7-13)11-8-12-4-2-3-5-14(12)16(20)21/h2-7,9-10H,8,11H2,1H3,(H,20,21). The Kier molecular flexibility index (Phi) is 4.66. The second-order valence-corrected chi connectivity index (χ2v) is 4.67. The SMILES string of the molecule is CN(CCc1ccccc1C(=O)O)C(=O)c1ccncc1. The van der Waals surface area contributed by atoms with Crippen LogP contribution < -0.4 is 0 Å². The summed E-state index contributed by atoms with van der Waals surface area (Å²) < 4.78 is 0. The normalized spacial score (nSPS) is 10.1. The van der Waals surface area contributed by atoms with Crippen LogP contribution in [0.25, 0.3) is 0 Å². The highest BCUT2D eigenvalue weighted by molar-refractivity contribution is 5.94. The van der Waals surface area contributed by atoms with Crippen molar-refractivity contribution in [2.75, 3.05) is 13.6 Å². The maximum Gasteiger partial charge on any atom is 0.335 e. The van der Waals surface area contributed by atoms with Gasteiger partial charge in [0.1, 0.15) is 0 Å². The van der Waals surface area contributed by atoms with Crippen molar-refractivity contribution in [1.82, 2.24) is 9.88 Å². The number of hydrogen-bond donors (Lipinski definition) is 1. The number of pyridine rings is 1. The van der Waals surface area contributed by atoms with Gasteiger partial charge in [-0.1, -0.05) is 18.2 Å². The van der Waals surface area contributed by atoms with E-state index >= 15 is 0 Å². The lowest BCUT2D eigenvalue weighted by Crippen LogP contribution is -2.29. The molecule has 0 aliphatic rings. The summed E-state index contributed by atoms with van der Waals surface area (Å²) in [6, 6.07) is 10.1. The average molecular weight is 284 g/mol. The van der Waals surface area contributed by atoms with E-state index in [0.717, 1.165) is 5.56 Å². The molecule has 0 aliphatic heterocycles. The Balaban J connectivity index is 2.03. The molecule has 0 radical (unpaired) electrons. The zero-order valence-electron chi connectivity index (χ0n) is 11.7. The van der Waals surface area contributed by atoms with Crippen LogP contribution in [-0.4, -0.2) is 40.5 Å². The smallest absolute Gasteiger partial charge is 0.335 e. The van der Waals surface area contributed by atoms with E-state index in [0.29, 0.717) is 18.5 Å². The fraction of sp³-hybridized carbons (Fsp3) is 0.188. The quantitative estimate of drug-likeness (QED) is 0.912. The van der Waals surface area contributed by atoms with Gasteiger partial charge in [0, 0.05) is 31.5 Å². The van der Waals surface area contributed by atoms with Crippen LogP contribution in [0.2, 0.25) is 0 Å². The number of likely N-dealkylation sites (N-methyl/N-ethyl adjacent to an activating group) is 1. The Morgan fingerprint density at radius 2 is 1.81 bits per heavy atom. The van der Waals surface area contributed by atoms with E-state index in [1.807, 2.05) is 0 Å². The summed E-state index contributed by atoms with van der Waals surface area (Å²) in [5.41, 5.74) is 1.57. The predicted molar refractivity (Wildman–Crippen MR) is 78.3 cm³/mol. The van der Waals surface area contributed by atoms with E-state index in [1.165, 1.54) is 0 Å². The molecule has 0 saturated carbocycles. The van der Waals surface area contributed by atoms with Crippen LogP contribution in [0.4, 0.5) is 0 Å². The molecule has 0 spiro atoms. The monoisotopic (exact) mass is 284 g/mol. The Morgan fingerprint density at radius 1 is 1.14 bits per heavy atom. The molecule has 21 heavy (non-hydrogen) atoms. The van der Waals surface area contributed by atoms with Crippen molar-refractivity contribution < 1.29 is 14.7 Å². The molecule has 1 aromatic carbocycles. The van der Waals surface area contributed by atoms with E-state index in [9.17, 15) is 9.59 Å². The molecule has 0 bridgehead atoms. The van der Waals surface area contributed by atoms with Crippen molar-refractivity contribution in [3.05, 3.63) is 65.5 Å². The number of amides is 1. The first-order chi connectivity index (χ1) is 10.1. The van der Waals surface area contributed by atoms with E-state index < -0.39 is 5.97 Å². The first kappa shape index (κ1) is 14.7. The van der Waals surface area contributed by atoms with Crippen LogP contribution in [0.3, 0.4) is 0 Å². The average Bonchev–Trinajstić information content (AvgIpc) is 2.52. The number of rotatable bonds is 5. The third-order valence-electron chi connectivity index (χ3n) is 3.24. The van der Waals surface area contributed by atoms with Gasteiger partial charge >= 0.3 is 5.97 Å². The van der Waals surface area contributed by atoms with Crippen molar-refractivity contribution in [1.29, 1.82) is 0 Å². The summed E-state index contributed by atoms with van der Waals surface area (Å²) in [4.78, 5) is 28.8. The minimum absolute atomic E-state index is 0.106. The third kappa shape index (κ3) is 3.66. The van der Waals surface area contributed by atoms with E-state index in [-0.39, 0.29) is 11.5 Å². The van der Waals surface area contributed by atoms with Gasteiger partial charge in [0.25, 0.3) is 5.91 Å². The highest BCUT2D eigenvalue weighted by Crippen LogP contribution is 2.11. The summed E-state index contributed by atoms with van der Waals surface area (Å²) in [5, 5.41) is 9.13. The molecule has 1 aromatic heterocycles. The highest BCUT2D eigenvalue weighted by atomic mass is 16.4. The Morgan fingerprint density at radius 3 is 2.48 bits per heavy atom. The number of nitrogens with zero attached hydrogens (tertiary/aromatic N) is 2. The molecular weight excluding hydrogens is 268 g/mol. The summed E-state index contributed by atoms with van der Waals surface area (Å²) >= 11 is 0. The Labute approximate surface area is 122 Å². The molecule has 5 nitrogen and oxygen atoms in total. The fourth-order valence-electron chi connectivity index (χ4n) is 2.05. The minimum atomic E-state index is -0.950. The maximum absolute atomic E-state index is 12.2. The lowest BCUT2D eigenvalue weighted by molar-refractivity contribution is 0.0695. The van der Waals surface area contributed by atoms with Crippen molar-refractivity contribution in [3.63, 3.8) is 0 Å². The lowest BCUT2D eigenvalue weighted by atomic mass is 10.0. The fourth-order valence-corrected chi connectivity index (χ4v) is 2.05. The predicted octanol–water partition coefficient (Wildman–Crippen LogP) is 2.09. The molecule has 5 heteroatoms. The van der Waals surface area contributed by atoms with Crippen molar-refractivity contribution >= 4 is 11.9 Å². The van der Waals surface area contributed by atoms with Gasteiger partial charge in [-0.3, -0.25) is 9.78 Å². The molecule has 0 atom stereocenters. The molecular formula is C16H16N2O3. The first-order valence-electron chi connectivity index (χ1n) is 6.56. The van der Waals surface area contributed by atoms with Gasteiger partial charge in [-0.05, 0) is 30.2 Å². The zero-order valence-corrected chi connectivity index (χ0v) is 11.7. The largest absolute Gasteiger partial charge is 0.478 e. The topological polar surface area (TPSA) is 70.5 Å². The van der Waals surface area contributed by atoms with E-state index in [2.05, 4.69) is 4.98 Å². The number of carboxylic acids is 1. The van der Waals surface area contributed by atoms with Crippen molar-refractivity contribution in [2.45, 2.75) is 6.42 Å². The molecule has 0 aliphatic carbocycles.